The molecule has 0 aliphatic carbocycles. The van der Waals surface area contributed by atoms with Crippen molar-refractivity contribution in [2.75, 3.05) is 24.3 Å². The molecule has 0 spiro atoms. The summed E-state index contributed by atoms with van der Waals surface area (Å²) in [6.45, 7) is 0.546. The molecule has 6 nitrogen and oxygen atoms in total. The Morgan fingerprint density at radius 3 is 2.46 bits per heavy atom. The lowest BCUT2D eigenvalue weighted by molar-refractivity contribution is 0.306. The largest absolute Gasteiger partial charge is 0.489 e. The highest BCUT2D eigenvalue weighted by atomic mass is 16.5. The predicted molar refractivity (Wildman–Crippen MR) is 112 cm³/mol. The fraction of sp³-hybridized carbons (Fsp3) is 0.136. The van der Waals surface area contributed by atoms with Gasteiger partial charge in [0.2, 0.25) is 0 Å². The van der Waals surface area contributed by atoms with Crippen molar-refractivity contribution in [3.63, 3.8) is 0 Å². The van der Waals surface area contributed by atoms with Crippen LogP contribution in [0.4, 0.5) is 17.3 Å². The van der Waals surface area contributed by atoms with Crippen LogP contribution in [0.25, 0.3) is 10.9 Å². The van der Waals surface area contributed by atoms with Crippen LogP contribution in [0, 0.1) is 0 Å². The zero-order valence-electron chi connectivity index (χ0n) is 15.8. The minimum absolute atomic E-state index is 0.546. The summed E-state index contributed by atoms with van der Waals surface area (Å²) in [7, 11) is 3.91. The van der Waals surface area contributed by atoms with Crippen LogP contribution in [0.15, 0.2) is 73.2 Å². The molecule has 0 amide bonds. The summed E-state index contributed by atoms with van der Waals surface area (Å²) >= 11 is 0. The van der Waals surface area contributed by atoms with Gasteiger partial charge < -0.3 is 15.0 Å². The van der Waals surface area contributed by atoms with Crippen molar-refractivity contribution < 1.29 is 4.74 Å². The van der Waals surface area contributed by atoms with Crippen LogP contribution in [0.5, 0.6) is 5.75 Å². The summed E-state index contributed by atoms with van der Waals surface area (Å²) in [6, 6.07) is 19.9. The molecule has 1 N–H and O–H groups in total. The fourth-order valence-electron chi connectivity index (χ4n) is 2.80. The number of rotatable bonds is 6. The van der Waals surface area contributed by atoms with Crippen molar-refractivity contribution in [1.82, 2.24) is 15.0 Å². The number of pyridine rings is 1. The molecule has 2 heterocycles. The molecule has 0 aliphatic heterocycles. The zero-order chi connectivity index (χ0) is 19.3. The number of ether oxygens (including phenoxy) is 1. The van der Waals surface area contributed by atoms with Gasteiger partial charge in [-0.3, -0.25) is 0 Å². The first kappa shape index (κ1) is 17.7. The fourth-order valence-corrected chi connectivity index (χ4v) is 2.80. The smallest absolute Gasteiger partial charge is 0.143 e. The molecule has 28 heavy (non-hydrogen) atoms. The second-order valence-corrected chi connectivity index (χ2v) is 6.60. The maximum atomic E-state index is 5.84. The molecule has 0 fully saturated rings. The zero-order valence-corrected chi connectivity index (χ0v) is 15.8. The molecule has 2 aromatic carbocycles. The van der Waals surface area contributed by atoms with E-state index in [1.807, 2.05) is 79.7 Å². The average molecular weight is 371 g/mol. The average Bonchev–Trinajstić information content (AvgIpc) is 2.74. The number of nitrogens with one attached hydrogen (secondary N) is 1. The van der Waals surface area contributed by atoms with E-state index in [1.165, 1.54) is 0 Å². The van der Waals surface area contributed by atoms with Crippen LogP contribution in [-0.4, -0.2) is 29.0 Å². The first-order valence-corrected chi connectivity index (χ1v) is 9.01. The third-order valence-electron chi connectivity index (χ3n) is 4.33. The van der Waals surface area contributed by atoms with Gasteiger partial charge in [0.15, 0.2) is 0 Å². The second kappa shape index (κ2) is 7.92. The van der Waals surface area contributed by atoms with Crippen LogP contribution in [0.2, 0.25) is 0 Å². The standard InChI is InChI=1S/C22H21N5O/c1-27(2)21-12-20-19(13-23-21)22(25-15-24-20)26-17-8-10-18(11-9-17)28-14-16-6-4-3-5-7-16/h3-13,15H,14H2,1-2H3,(H,24,25,26). The molecular weight excluding hydrogens is 350 g/mol. The first-order valence-electron chi connectivity index (χ1n) is 9.01. The molecule has 2 aromatic heterocycles. The van der Waals surface area contributed by atoms with E-state index in [0.717, 1.165) is 39.5 Å². The van der Waals surface area contributed by atoms with Gasteiger partial charge >= 0.3 is 0 Å². The summed E-state index contributed by atoms with van der Waals surface area (Å²) in [5.41, 5.74) is 2.91. The van der Waals surface area contributed by atoms with Gasteiger partial charge in [-0.1, -0.05) is 30.3 Å². The highest BCUT2D eigenvalue weighted by molar-refractivity contribution is 5.91. The van der Waals surface area contributed by atoms with Crippen molar-refractivity contribution in [3.8, 4) is 5.75 Å². The van der Waals surface area contributed by atoms with Crippen molar-refractivity contribution >= 4 is 28.2 Å². The van der Waals surface area contributed by atoms with E-state index >= 15 is 0 Å². The third-order valence-corrected chi connectivity index (χ3v) is 4.33. The number of hydrogen-bond acceptors (Lipinski definition) is 6. The van der Waals surface area contributed by atoms with E-state index in [-0.39, 0.29) is 0 Å². The lowest BCUT2D eigenvalue weighted by atomic mass is 10.2. The molecule has 4 aromatic rings. The predicted octanol–water partition coefficient (Wildman–Crippen LogP) is 4.41. The highest BCUT2D eigenvalue weighted by Gasteiger charge is 2.07. The van der Waals surface area contributed by atoms with E-state index in [1.54, 1.807) is 12.5 Å². The number of benzene rings is 2. The summed E-state index contributed by atoms with van der Waals surface area (Å²) in [5, 5.41) is 4.21. The Morgan fingerprint density at radius 1 is 0.929 bits per heavy atom. The van der Waals surface area contributed by atoms with Crippen molar-refractivity contribution in [2.45, 2.75) is 6.61 Å². The molecular formula is C22H21N5O. The van der Waals surface area contributed by atoms with E-state index in [4.69, 9.17) is 4.74 Å². The van der Waals surface area contributed by atoms with Gasteiger partial charge in [0, 0.05) is 32.0 Å². The van der Waals surface area contributed by atoms with Gasteiger partial charge in [-0.2, -0.15) is 0 Å². The normalized spacial score (nSPS) is 10.6. The number of anilines is 3. The third kappa shape index (κ3) is 4.01. The van der Waals surface area contributed by atoms with Gasteiger partial charge in [-0.25, -0.2) is 15.0 Å². The minimum Gasteiger partial charge on any atom is -0.489 e. The molecule has 6 heteroatoms. The maximum Gasteiger partial charge on any atom is 0.143 e. The quantitative estimate of drug-likeness (QED) is 0.541. The van der Waals surface area contributed by atoms with Crippen molar-refractivity contribution in [2.24, 2.45) is 0 Å². The lowest BCUT2D eigenvalue weighted by Crippen LogP contribution is -2.10. The Balaban J connectivity index is 1.48. The number of hydrogen-bond donors (Lipinski definition) is 1. The van der Waals surface area contributed by atoms with Gasteiger partial charge in [0.25, 0.3) is 0 Å². The van der Waals surface area contributed by atoms with E-state index in [0.29, 0.717) is 6.61 Å². The molecule has 0 saturated heterocycles. The van der Waals surface area contributed by atoms with Gasteiger partial charge in [-0.15, -0.1) is 0 Å². The Labute approximate surface area is 163 Å². The Kier molecular flexibility index (Phi) is 5.01. The molecule has 0 radical (unpaired) electrons. The molecule has 0 unspecified atom stereocenters. The van der Waals surface area contributed by atoms with Crippen LogP contribution < -0.4 is 15.0 Å². The topological polar surface area (TPSA) is 63.2 Å². The van der Waals surface area contributed by atoms with Crippen LogP contribution in [0.1, 0.15) is 5.56 Å². The van der Waals surface area contributed by atoms with E-state index < -0.39 is 0 Å². The van der Waals surface area contributed by atoms with Crippen molar-refractivity contribution in [3.05, 3.63) is 78.8 Å². The second-order valence-electron chi connectivity index (χ2n) is 6.60. The van der Waals surface area contributed by atoms with Crippen molar-refractivity contribution in [1.29, 1.82) is 0 Å². The Morgan fingerprint density at radius 2 is 1.71 bits per heavy atom. The minimum atomic E-state index is 0.546. The van der Waals surface area contributed by atoms with Gasteiger partial charge in [0.1, 0.15) is 30.3 Å². The Bertz CT molecular complexity index is 1070. The summed E-state index contributed by atoms with van der Waals surface area (Å²) in [6.07, 6.45) is 3.35. The molecule has 0 bridgehead atoms. The molecule has 0 aliphatic rings. The number of fused-ring (bicyclic) bond motifs is 1. The molecule has 4 rings (SSSR count). The molecule has 140 valence electrons. The van der Waals surface area contributed by atoms with Gasteiger partial charge in [-0.05, 0) is 29.8 Å². The van der Waals surface area contributed by atoms with Crippen LogP contribution in [0.3, 0.4) is 0 Å². The number of aromatic nitrogens is 3. The maximum absolute atomic E-state index is 5.84. The highest BCUT2D eigenvalue weighted by Crippen LogP contribution is 2.25. The lowest BCUT2D eigenvalue weighted by Gasteiger charge is -2.13. The monoisotopic (exact) mass is 371 g/mol. The number of nitrogens with zero attached hydrogens (tertiary/aromatic N) is 4. The molecule has 0 saturated carbocycles. The van der Waals surface area contributed by atoms with E-state index in [9.17, 15) is 0 Å². The van der Waals surface area contributed by atoms with E-state index in [2.05, 4.69) is 20.3 Å². The first-order chi connectivity index (χ1) is 13.7. The summed E-state index contributed by atoms with van der Waals surface area (Å²) < 4.78 is 5.84. The SMILES string of the molecule is CN(C)c1cc2ncnc(Nc3ccc(OCc4ccccc4)cc3)c2cn1. The van der Waals surface area contributed by atoms with Gasteiger partial charge in [0.05, 0.1) is 10.9 Å². The Hall–Kier alpha value is -3.67. The van der Waals surface area contributed by atoms with Crippen LogP contribution >= 0.6 is 0 Å². The van der Waals surface area contributed by atoms with Crippen LogP contribution in [-0.2, 0) is 6.61 Å². The molecule has 0 atom stereocenters. The summed E-state index contributed by atoms with van der Waals surface area (Å²) in [4.78, 5) is 15.1. The summed E-state index contributed by atoms with van der Waals surface area (Å²) in [5.74, 6) is 2.40.